The fourth-order valence-corrected chi connectivity index (χ4v) is 2.29. The highest BCUT2D eigenvalue weighted by Gasteiger charge is 2.13. The van der Waals surface area contributed by atoms with Crippen LogP contribution in [0.2, 0.25) is 0 Å². The zero-order valence-corrected chi connectivity index (χ0v) is 9.91. The minimum Gasteiger partial charge on any atom is -0.481 e. The molecule has 1 rings (SSSR count). The van der Waals surface area contributed by atoms with Crippen LogP contribution in [0.4, 0.5) is 0 Å². The average Bonchev–Trinajstić information content (AvgIpc) is 2.16. The summed E-state index contributed by atoms with van der Waals surface area (Å²) in [6, 6.07) is 3.86. The summed E-state index contributed by atoms with van der Waals surface area (Å²) in [6.07, 6.45) is 1.69. The lowest BCUT2D eigenvalue weighted by molar-refractivity contribution is -0.136. The molecule has 1 aromatic rings. The minimum atomic E-state index is -0.842. The largest absolute Gasteiger partial charge is 0.481 e. The Balaban J connectivity index is 2.85. The van der Waals surface area contributed by atoms with Gasteiger partial charge in [0, 0.05) is 11.4 Å². The second-order valence-electron chi connectivity index (χ2n) is 3.45. The monoisotopic (exact) mass is 236 g/mol. The summed E-state index contributed by atoms with van der Waals surface area (Å²) in [5.41, 5.74) is 1.40. The number of thioether (sulfide) groups is 1. The number of aliphatic carboxylic acids is 1. The van der Waals surface area contributed by atoms with E-state index in [2.05, 4.69) is 11.1 Å². The fourth-order valence-electron chi connectivity index (χ4n) is 1.24. The normalized spacial score (nSPS) is 11.8. The highest BCUT2D eigenvalue weighted by atomic mass is 32.2. The van der Waals surface area contributed by atoms with Crippen molar-refractivity contribution in [2.24, 2.45) is 0 Å². The zero-order valence-electron chi connectivity index (χ0n) is 9.10. The summed E-state index contributed by atoms with van der Waals surface area (Å²) in [5.74, 6) is -0.842. The van der Waals surface area contributed by atoms with Crippen molar-refractivity contribution in [1.82, 2.24) is 4.98 Å². The molecule has 0 fully saturated rings. The molecule has 0 aliphatic carbocycles. The van der Waals surface area contributed by atoms with Gasteiger partial charge >= 0.3 is 5.97 Å². The maximum absolute atomic E-state index is 10.5. The third-order valence-corrected chi connectivity index (χ3v) is 3.11. The van der Waals surface area contributed by atoms with E-state index in [0.717, 1.165) is 5.56 Å². The van der Waals surface area contributed by atoms with Gasteiger partial charge in [-0.3, -0.25) is 4.79 Å². The summed E-state index contributed by atoms with van der Waals surface area (Å²) in [6.45, 7) is 3.65. The van der Waals surface area contributed by atoms with Crippen LogP contribution in [0.1, 0.15) is 24.5 Å². The first-order valence-electron chi connectivity index (χ1n) is 4.78. The van der Waals surface area contributed by atoms with Crippen LogP contribution in [0.3, 0.4) is 0 Å². The fraction of sp³-hybridized carbons (Fsp3) is 0.364. The number of carbonyl (C=O) groups is 1. The Bertz CT molecular complexity index is 440. The minimum absolute atomic E-state index is 0.0607. The Morgan fingerprint density at radius 2 is 2.44 bits per heavy atom. The van der Waals surface area contributed by atoms with Crippen LogP contribution in [-0.4, -0.2) is 21.3 Å². The number of carboxylic acids is 1. The van der Waals surface area contributed by atoms with E-state index < -0.39 is 5.97 Å². The smallest absolute Gasteiger partial charge is 0.304 e. The first-order valence-corrected chi connectivity index (χ1v) is 5.66. The second-order valence-corrected chi connectivity index (χ2v) is 4.87. The van der Waals surface area contributed by atoms with E-state index in [9.17, 15) is 4.79 Å². The molecular weight excluding hydrogens is 224 g/mol. The highest BCUT2D eigenvalue weighted by Crippen LogP contribution is 2.27. The molecule has 5 heteroatoms. The van der Waals surface area contributed by atoms with Crippen molar-refractivity contribution >= 4 is 17.7 Å². The van der Waals surface area contributed by atoms with Crippen LogP contribution in [0, 0.1) is 18.3 Å². The molecule has 0 aliphatic rings. The average molecular weight is 236 g/mol. The number of carboxylic acid groups (broad SMARTS) is 1. The Morgan fingerprint density at radius 1 is 1.75 bits per heavy atom. The third-order valence-electron chi connectivity index (χ3n) is 2.01. The van der Waals surface area contributed by atoms with Crippen molar-refractivity contribution in [1.29, 1.82) is 5.26 Å². The summed E-state index contributed by atoms with van der Waals surface area (Å²) in [5, 5.41) is 18.1. The predicted molar refractivity (Wildman–Crippen MR) is 61.3 cm³/mol. The maximum Gasteiger partial charge on any atom is 0.304 e. The molecule has 0 radical (unpaired) electrons. The van der Waals surface area contributed by atoms with E-state index in [-0.39, 0.29) is 11.7 Å². The lowest BCUT2D eigenvalue weighted by atomic mass is 10.2. The quantitative estimate of drug-likeness (QED) is 0.811. The van der Waals surface area contributed by atoms with E-state index in [1.807, 2.05) is 13.8 Å². The van der Waals surface area contributed by atoms with Crippen LogP contribution < -0.4 is 0 Å². The van der Waals surface area contributed by atoms with Gasteiger partial charge in [0.15, 0.2) is 0 Å². The Hall–Kier alpha value is -1.54. The van der Waals surface area contributed by atoms with Crippen LogP contribution in [0.15, 0.2) is 17.3 Å². The molecule has 0 spiro atoms. The van der Waals surface area contributed by atoms with Gasteiger partial charge in [-0.25, -0.2) is 4.98 Å². The molecule has 1 unspecified atom stereocenters. The summed E-state index contributed by atoms with van der Waals surface area (Å²) in [4.78, 5) is 14.6. The Morgan fingerprint density at radius 3 is 3.00 bits per heavy atom. The third kappa shape index (κ3) is 3.24. The number of pyridine rings is 1. The van der Waals surface area contributed by atoms with Crippen molar-refractivity contribution in [2.75, 3.05) is 0 Å². The number of hydrogen-bond donors (Lipinski definition) is 1. The summed E-state index contributed by atoms with van der Waals surface area (Å²) < 4.78 is 0. The van der Waals surface area contributed by atoms with Gasteiger partial charge in [-0.15, -0.1) is 11.8 Å². The summed E-state index contributed by atoms with van der Waals surface area (Å²) in [7, 11) is 0. The van der Waals surface area contributed by atoms with Gasteiger partial charge < -0.3 is 5.11 Å². The topological polar surface area (TPSA) is 74.0 Å². The van der Waals surface area contributed by atoms with Gasteiger partial charge in [0.2, 0.25) is 0 Å². The lowest BCUT2D eigenvalue weighted by Crippen LogP contribution is -2.06. The number of hydrogen-bond acceptors (Lipinski definition) is 4. The molecule has 1 N–H and O–H groups in total. The Kier molecular flexibility index (Phi) is 4.32. The van der Waals surface area contributed by atoms with Gasteiger partial charge in [0.25, 0.3) is 0 Å². The number of rotatable bonds is 4. The molecule has 1 aromatic heterocycles. The van der Waals surface area contributed by atoms with Crippen molar-refractivity contribution in [3.05, 3.63) is 23.4 Å². The van der Waals surface area contributed by atoms with Crippen LogP contribution in [0.25, 0.3) is 0 Å². The van der Waals surface area contributed by atoms with Crippen molar-refractivity contribution < 1.29 is 9.90 Å². The lowest BCUT2D eigenvalue weighted by Gasteiger charge is -2.09. The zero-order chi connectivity index (χ0) is 12.1. The molecule has 0 bridgehead atoms. The number of aromatic nitrogens is 1. The van der Waals surface area contributed by atoms with Gasteiger partial charge in [-0.2, -0.15) is 5.26 Å². The second kappa shape index (κ2) is 5.52. The standard InChI is InChI=1S/C11H12N2O2S/c1-7-3-4-13-11(9(7)6-12)16-8(2)5-10(14)15/h3-4,8H,5H2,1-2H3,(H,14,15). The molecular formula is C11H12N2O2S. The molecule has 0 saturated heterocycles. The van der Waals surface area contributed by atoms with Gasteiger partial charge in [-0.05, 0) is 18.6 Å². The van der Waals surface area contributed by atoms with Crippen molar-refractivity contribution in [3.8, 4) is 6.07 Å². The molecule has 0 aromatic carbocycles. The van der Waals surface area contributed by atoms with Gasteiger partial charge in [-0.1, -0.05) is 6.92 Å². The van der Waals surface area contributed by atoms with Crippen molar-refractivity contribution in [3.63, 3.8) is 0 Å². The molecule has 84 valence electrons. The predicted octanol–water partition coefficient (Wildman–Crippen LogP) is 2.22. The molecule has 1 heterocycles. The van der Waals surface area contributed by atoms with E-state index in [1.54, 1.807) is 12.3 Å². The number of aryl methyl sites for hydroxylation is 1. The maximum atomic E-state index is 10.5. The van der Waals surface area contributed by atoms with Crippen LogP contribution in [0.5, 0.6) is 0 Å². The van der Waals surface area contributed by atoms with E-state index >= 15 is 0 Å². The van der Waals surface area contributed by atoms with Gasteiger partial charge in [0.05, 0.1) is 12.0 Å². The number of nitrogens with zero attached hydrogens (tertiary/aromatic N) is 2. The number of nitriles is 1. The first kappa shape index (κ1) is 12.5. The molecule has 1 atom stereocenters. The van der Waals surface area contributed by atoms with Crippen LogP contribution >= 0.6 is 11.8 Å². The first-order chi connectivity index (χ1) is 7.54. The molecule has 0 aliphatic heterocycles. The SMILES string of the molecule is Cc1ccnc(SC(C)CC(=O)O)c1C#N. The molecule has 0 amide bonds. The van der Waals surface area contributed by atoms with E-state index in [4.69, 9.17) is 10.4 Å². The van der Waals surface area contributed by atoms with E-state index in [1.165, 1.54) is 11.8 Å². The van der Waals surface area contributed by atoms with Gasteiger partial charge in [0.1, 0.15) is 11.1 Å². The Labute approximate surface area is 98.3 Å². The summed E-state index contributed by atoms with van der Waals surface area (Å²) >= 11 is 1.32. The van der Waals surface area contributed by atoms with E-state index in [0.29, 0.717) is 10.6 Å². The molecule has 4 nitrogen and oxygen atoms in total. The molecule has 0 saturated carbocycles. The van der Waals surface area contributed by atoms with Crippen LogP contribution in [-0.2, 0) is 4.79 Å². The highest BCUT2D eigenvalue weighted by molar-refractivity contribution is 7.99. The van der Waals surface area contributed by atoms with Crippen molar-refractivity contribution in [2.45, 2.75) is 30.5 Å². The molecule has 16 heavy (non-hydrogen) atoms.